The number of benzene rings is 2. The molecule has 160 valence electrons. The second kappa shape index (κ2) is 10.3. The van der Waals surface area contributed by atoms with Crippen LogP contribution < -0.4 is 24.7 Å². The fourth-order valence-corrected chi connectivity index (χ4v) is 3.68. The van der Waals surface area contributed by atoms with Gasteiger partial charge in [0, 0.05) is 12.6 Å². The second-order valence-corrected chi connectivity index (χ2v) is 8.01. The maximum atomic E-state index is 11.8. The number of nitrogens with one attached hydrogen (secondary N) is 1. The van der Waals surface area contributed by atoms with E-state index in [4.69, 9.17) is 19.3 Å². The van der Waals surface area contributed by atoms with Gasteiger partial charge in [0.1, 0.15) is 11.5 Å². The molecule has 1 atom stereocenters. The van der Waals surface area contributed by atoms with Gasteiger partial charge in [0.05, 0.1) is 13.7 Å². The molecule has 0 bridgehead atoms. The van der Waals surface area contributed by atoms with Crippen molar-refractivity contribution in [3.05, 3.63) is 42.0 Å². The number of ether oxygens (including phenoxy) is 3. The molecule has 0 saturated carbocycles. The maximum absolute atomic E-state index is 11.8. The molecule has 0 fully saturated rings. The van der Waals surface area contributed by atoms with Crippen molar-refractivity contribution < 1.29 is 27.7 Å². The van der Waals surface area contributed by atoms with Crippen molar-refractivity contribution in [1.29, 1.82) is 0 Å². The average molecular weight is 425 g/mol. The summed E-state index contributed by atoms with van der Waals surface area (Å²) in [6, 6.07) is 10.4. The SMILES string of the molecule is CCOc1ccccc1OCCN[C@H](C)Cc1cc(O)c(OC)c(S(N)(=O)=O)c1. The van der Waals surface area contributed by atoms with Crippen LogP contribution in [0.2, 0.25) is 0 Å². The highest BCUT2D eigenvalue weighted by Gasteiger charge is 2.20. The van der Waals surface area contributed by atoms with Crippen molar-refractivity contribution in [2.75, 3.05) is 26.9 Å². The number of hydrogen-bond acceptors (Lipinski definition) is 7. The fourth-order valence-electron chi connectivity index (χ4n) is 2.91. The lowest BCUT2D eigenvalue weighted by molar-refractivity contribution is 0.272. The summed E-state index contributed by atoms with van der Waals surface area (Å²) in [6.07, 6.45) is 0.482. The molecule has 8 nitrogen and oxygen atoms in total. The molecule has 0 amide bonds. The first-order chi connectivity index (χ1) is 13.8. The highest BCUT2D eigenvalue weighted by Crippen LogP contribution is 2.34. The Hall–Kier alpha value is -2.49. The molecule has 0 aromatic heterocycles. The van der Waals surface area contributed by atoms with E-state index in [1.807, 2.05) is 38.1 Å². The molecule has 0 heterocycles. The Morgan fingerprint density at radius 1 is 1.17 bits per heavy atom. The Morgan fingerprint density at radius 3 is 2.41 bits per heavy atom. The molecular formula is C20H28N2O6S. The van der Waals surface area contributed by atoms with Gasteiger partial charge in [0.2, 0.25) is 10.0 Å². The first kappa shape index (κ1) is 22.8. The molecular weight excluding hydrogens is 396 g/mol. The van der Waals surface area contributed by atoms with Gasteiger partial charge in [-0.2, -0.15) is 0 Å². The molecule has 9 heteroatoms. The van der Waals surface area contributed by atoms with Crippen LogP contribution in [-0.4, -0.2) is 46.4 Å². The molecule has 2 rings (SSSR count). The van der Waals surface area contributed by atoms with E-state index in [0.717, 1.165) is 0 Å². The minimum Gasteiger partial charge on any atom is -0.504 e. The maximum Gasteiger partial charge on any atom is 0.241 e. The molecule has 0 spiro atoms. The van der Waals surface area contributed by atoms with Gasteiger partial charge in [-0.25, -0.2) is 13.6 Å². The van der Waals surface area contributed by atoms with Crippen LogP contribution in [-0.2, 0) is 16.4 Å². The molecule has 2 aromatic rings. The van der Waals surface area contributed by atoms with Crippen molar-refractivity contribution in [2.45, 2.75) is 31.2 Å². The van der Waals surface area contributed by atoms with Gasteiger partial charge < -0.3 is 24.6 Å². The minimum atomic E-state index is -4.02. The van der Waals surface area contributed by atoms with Gasteiger partial charge in [0.15, 0.2) is 23.0 Å². The molecule has 0 saturated heterocycles. The lowest BCUT2D eigenvalue weighted by Gasteiger charge is -2.17. The van der Waals surface area contributed by atoms with Crippen LogP contribution in [0.4, 0.5) is 0 Å². The number of phenolic OH excluding ortho intramolecular Hbond substituents is 1. The largest absolute Gasteiger partial charge is 0.504 e. The van der Waals surface area contributed by atoms with Gasteiger partial charge in [-0.05, 0) is 50.1 Å². The van der Waals surface area contributed by atoms with Crippen molar-refractivity contribution in [2.24, 2.45) is 5.14 Å². The van der Waals surface area contributed by atoms with Crippen LogP contribution in [0.5, 0.6) is 23.0 Å². The number of primary sulfonamides is 1. The highest BCUT2D eigenvalue weighted by atomic mass is 32.2. The van der Waals surface area contributed by atoms with Gasteiger partial charge in [-0.1, -0.05) is 12.1 Å². The molecule has 4 N–H and O–H groups in total. The molecule has 0 aliphatic carbocycles. The molecule has 0 unspecified atom stereocenters. The predicted molar refractivity (Wildman–Crippen MR) is 110 cm³/mol. The van der Waals surface area contributed by atoms with E-state index in [-0.39, 0.29) is 22.4 Å². The molecule has 29 heavy (non-hydrogen) atoms. The highest BCUT2D eigenvalue weighted by molar-refractivity contribution is 7.89. The first-order valence-electron chi connectivity index (χ1n) is 9.27. The Labute approximate surface area is 171 Å². The van der Waals surface area contributed by atoms with Crippen molar-refractivity contribution in [1.82, 2.24) is 5.32 Å². The lowest BCUT2D eigenvalue weighted by Crippen LogP contribution is -2.32. The van der Waals surface area contributed by atoms with Crippen molar-refractivity contribution >= 4 is 10.0 Å². The van der Waals surface area contributed by atoms with Crippen LogP contribution >= 0.6 is 0 Å². The van der Waals surface area contributed by atoms with E-state index in [2.05, 4.69) is 5.32 Å². The number of hydrogen-bond donors (Lipinski definition) is 3. The number of rotatable bonds is 11. The third kappa shape index (κ3) is 6.52. The predicted octanol–water partition coefficient (Wildman–Crippen LogP) is 2.05. The van der Waals surface area contributed by atoms with Crippen LogP contribution in [0.3, 0.4) is 0 Å². The summed E-state index contributed by atoms with van der Waals surface area (Å²) in [4.78, 5) is -0.238. The summed E-state index contributed by atoms with van der Waals surface area (Å²) < 4.78 is 39.8. The summed E-state index contributed by atoms with van der Waals surface area (Å²) in [5.74, 6) is 0.962. The molecule has 0 radical (unpaired) electrons. The Morgan fingerprint density at radius 2 is 1.83 bits per heavy atom. The van der Waals surface area contributed by atoms with Crippen LogP contribution in [0, 0.1) is 0 Å². The van der Waals surface area contributed by atoms with Gasteiger partial charge >= 0.3 is 0 Å². The zero-order chi connectivity index (χ0) is 21.4. The normalized spacial score (nSPS) is 12.4. The summed E-state index contributed by atoms with van der Waals surface area (Å²) >= 11 is 0. The first-order valence-corrected chi connectivity index (χ1v) is 10.8. The standard InChI is InChI=1S/C20H28N2O6S/c1-4-27-17-7-5-6-8-18(17)28-10-9-22-14(2)11-15-12-16(23)20(26-3)19(13-15)29(21,24)25/h5-8,12-14,22-23H,4,9-11H2,1-3H3,(H2,21,24,25)/t14-/m1/s1. The third-order valence-electron chi connectivity index (χ3n) is 4.15. The van der Waals surface area contributed by atoms with E-state index < -0.39 is 10.0 Å². The third-order valence-corrected chi connectivity index (χ3v) is 5.07. The fraction of sp³-hybridized carbons (Fsp3) is 0.400. The zero-order valence-corrected chi connectivity index (χ0v) is 17.7. The van der Waals surface area contributed by atoms with E-state index in [9.17, 15) is 13.5 Å². The van der Waals surface area contributed by atoms with Crippen molar-refractivity contribution in [3.63, 3.8) is 0 Å². The summed E-state index contributed by atoms with van der Waals surface area (Å²) in [7, 11) is -2.75. The van der Waals surface area contributed by atoms with Crippen LogP contribution in [0.25, 0.3) is 0 Å². The zero-order valence-electron chi connectivity index (χ0n) is 16.8. The topological polar surface area (TPSA) is 120 Å². The molecule has 0 aliphatic heterocycles. The van der Waals surface area contributed by atoms with Gasteiger partial charge in [-0.3, -0.25) is 0 Å². The van der Waals surface area contributed by atoms with E-state index in [0.29, 0.717) is 43.2 Å². The van der Waals surface area contributed by atoms with Gasteiger partial charge in [0.25, 0.3) is 0 Å². The number of para-hydroxylation sites is 2. The number of phenols is 1. The minimum absolute atomic E-state index is 0.00172. The lowest BCUT2D eigenvalue weighted by atomic mass is 10.1. The number of methoxy groups -OCH3 is 1. The second-order valence-electron chi connectivity index (χ2n) is 6.48. The average Bonchev–Trinajstić information content (AvgIpc) is 2.65. The quantitative estimate of drug-likeness (QED) is 0.472. The van der Waals surface area contributed by atoms with Crippen molar-refractivity contribution in [3.8, 4) is 23.0 Å². The Bertz CT molecular complexity index is 917. The Kier molecular flexibility index (Phi) is 8.12. The number of aromatic hydroxyl groups is 1. The Balaban J connectivity index is 1.93. The molecule has 2 aromatic carbocycles. The van der Waals surface area contributed by atoms with E-state index in [1.54, 1.807) is 0 Å². The van der Waals surface area contributed by atoms with Crippen LogP contribution in [0.1, 0.15) is 19.4 Å². The number of nitrogens with two attached hydrogens (primary N) is 1. The monoisotopic (exact) mass is 424 g/mol. The van der Waals surface area contributed by atoms with Gasteiger partial charge in [-0.15, -0.1) is 0 Å². The van der Waals surface area contributed by atoms with Crippen LogP contribution in [0.15, 0.2) is 41.3 Å². The summed E-state index contributed by atoms with van der Waals surface area (Å²) in [6.45, 7) is 5.44. The summed E-state index contributed by atoms with van der Waals surface area (Å²) in [5, 5.41) is 18.6. The van der Waals surface area contributed by atoms with E-state index >= 15 is 0 Å². The van der Waals surface area contributed by atoms with E-state index in [1.165, 1.54) is 19.2 Å². The smallest absolute Gasteiger partial charge is 0.241 e. The number of sulfonamides is 1. The summed E-state index contributed by atoms with van der Waals surface area (Å²) in [5.41, 5.74) is 0.620. The molecule has 0 aliphatic rings.